The molecule has 0 atom stereocenters. The van der Waals surface area contributed by atoms with Gasteiger partial charge in [0, 0.05) is 18.3 Å². The minimum atomic E-state index is -0.486. The van der Waals surface area contributed by atoms with Gasteiger partial charge in [-0.05, 0) is 24.6 Å². The molecule has 0 radical (unpaired) electrons. The SMILES string of the molecule is CCOC(=O)c1ccn(-c2cc(OC)ccc2[N+](=O)[O-])c1-c1ccccc1. The summed E-state index contributed by atoms with van der Waals surface area (Å²) in [7, 11) is 1.49. The molecule has 27 heavy (non-hydrogen) atoms. The molecule has 0 spiro atoms. The molecule has 2 aromatic carbocycles. The number of nitrogens with zero attached hydrogens (tertiary/aromatic N) is 2. The van der Waals surface area contributed by atoms with Crippen LogP contribution in [0, 0.1) is 10.1 Å². The summed E-state index contributed by atoms with van der Waals surface area (Å²) in [5, 5.41) is 11.5. The van der Waals surface area contributed by atoms with E-state index in [0.29, 0.717) is 22.7 Å². The van der Waals surface area contributed by atoms with Gasteiger partial charge in [-0.1, -0.05) is 30.3 Å². The number of hydrogen-bond donors (Lipinski definition) is 0. The summed E-state index contributed by atoms with van der Waals surface area (Å²) >= 11 is 0. The van der Waals surface area contributed by atoms with Gasteiger partial charge in [-0.3, -0.25) is 10.1 Å². The Hall–Kier alpha value is -3.61. The number of hydrogen-bond acceptors (Lipinski definition) is 5. The molecule has 0 unspecified atom stereocenters. The van der Waals surface area contributed by atoms with Crippen molar-refractivity contribution in [2.24, 2.45) is 0 Å². The van der Waals surface area contributed by atoms with Crippen LogP contribution in [0.4, 0.5) is 5.69 Å². The third-order valence-corrected chi connectivity index (χ3v) is 4.07. The van der Waals surface area contributed by atoms with Crippen molar-refractivity contribution in [2.45, 2.75) is 6.92 Å². The van der Waals surface area contributed by atoms with Crippen molar-refractivity contribution in [3.05, 3.63) is 76.5 Å². The first-order valence-corrected chi connectivity index (χ1v) is 8.33. The molecule has 0 saturated carbocycles. The van der Waals surface area contributed by atoms with Crippen LogP contribution in [0.3, 0.4) is 0 Å². The summed E-state index contributed by atoms with van der Waals surface area (Å²) in [6, 6.07) is 15.3. The number of carbonyl (C=O) groups is 1. The molecule has 0 aliphatic carbocycles. The molecular weight excluding hydrogens is 348 g/mol. The second-order valence-electron chi connectivity index (χ2n) is 5.65. The molecule has 3 aromatic rings. The molecule has 138 valence electrons. The lowest BCUT2D eigenvalue weighted by atomic mass is 10.1. The molecule has 0 N–H and O–H groups in total. The topological polar surface area (TPSA) is 83.6 Å². The Balaban J connectivity index is 2.29. The molecule has 0 amide bonds. The number of aromatic nitrogens is 1. The van der Waals surface area contributed by atoms with E-state index in [0.717, 1.165) is 5.56 Å². The van der Waals surface area contributed by atoms with Gasteiger partial charge in [-0.15, -0.1) is 0 Å². The predicted molar refractivity (Wildman–Crippen MR) is 100 cm³/mol. The van der Waals surface area contributed by atoms with Crippen molar-refractivity contribution in [3.8, 4) is 22.7 Å². The maximum atomic E-state index is 12.4. The Morgan fingerprint density at radius 2 is 1.89 bits per heavy atom. The van der Waals surface area contributed by atoms with Crippen LogP contribution < -0.4 is 4.74 Å². The van der Waals surface area contributed by atoms with Crippen LogP contribution in [-0.4, -0.2) is 29.2 Å². The lowest BCUT2D eigenvalue weighted by Crippen LogP contribution is -2.07. The zero-order valence-electron chi connectivity index (χ0n) is 14.9. The van der Waals surface area contributed by atoms with Crippen LogP contribution in [0.5, 0.6) is 5.75 Å². The number of methoxy groups -OCH3 is 1. The first-order valence-electron chi connectivity index (χ1n) is 8.33. The lowest BCUT2D eigenvalue weighted by molar-refractivity contribution is -0.384. The Bertz CT molecular complexity index is 979. The third kappa shape index (κ3) is 3.52. The fourth-order valence-corrected chi connectivity index (χ4v) is 2.87. The first kappa shape index (κ1) is 18.2. The van der Waals surface area contributed by atoms with Gasteiger partial charge in [-0.25, -0.2) is 4.79 Å². The van der Waals surface area contributed by atoms with Crippen molar-refractivity contribution in [3.63, 3.8) is 0 Å². The van der Waals surface area contributed by atoms with Gasteiger partial charge in [-0.2, -0.15) is 0 Å². The fourth-order valence-electron chi connectivity index (χ4n) is 2.87. The zero-order chi connectivity index (χ0) is 19.4. The summed E-state index contributed by atoms with van der Waals surface area (Å²) in [4.78, 5) is 23.5. The summed E-state index contributed by atoms with van der Waals surface area (Å²) < 4.78 is 12.0. The van der Waals surface area contributed by atoms with Gasteiger partial charge in [0.2, 0.25) is 0 Å². The molecule has 0 bridgehead atoms. The standard InChI is InChI=1S/C20H18N2O5/c1-3-27-20(23)16-11-12-21(19(16)14-7-5-4-6-8-14)18-13-15(26-2)9-10-17(18)22(24)25/h4-13H,3H2,1-2H3. The molecule has 7 nitrogen and oxygen atoms in total. The van der Waals surface area contributed by atoms with Crippen molar-refractivity contribution in [2.75, 3.05) is 13.7 Å². The molecule has 0 saturated heterocycles. The maximum absolute atomic E-state index is 12.4. The van der Waals surface area contributed by atoms with Gasteiger partial charge in [0.25, 0.3) is 5.69 Å². The Labute approximate surface area is 155 Å². The summed E-state index contributed by atoms with van der Waals surface area (Å²) in [6.45, 7) is 1.96. The quantitative estimate of drug-likeness (QED) is 0.370. The maximum Gasteiger partial charge on any atom is 0.340 e. The molecule has 3 rings (SSSR count). The van der Waals surface area contributed by atoms with Crippen LogP contribution in [0.1, 0.15) is 17.3 Å². The van der Waals surface area contributed by atoms with E-state index in [9.17, 15) is 14.9 Å². The van der Waals surface area contributed by atoms with E-state index in [1.54, 1.807) is 29.8 Å². The van der Waals surface area contributed by atoms with Gasteiger partial charge >= 0.3 is 5.97 Å². The number of benzene rings is 2. The Morgan fingerprint density at radius 1 is 1.15 bits per heavy atom. The minimum Gasteiger partial charge on any atom is -0.497 e. The molecule has 0 fully saturated rings. The Morgan fingerprint density at radius 3 is 2.52 bits per heavy atom. The Kier molecular flexibility index (Phi) is 5.21. The number of carbonyl (C=O) groups excluding carboxylic acids is 1. The monoisotopic (exact) mass is 366 g/mol. The third-order valence-electron chi connectivity index (χ3n) is 4.07. The highest BCUT2D eigenvalue weighted by molar-refractivity contribution is 5.97. The summed E-state index contributed by atoms with van der Waals surface area (Å²) in [5.41, 5.74) is 1.79. The van der Waals surface area contributed by atoms with E-state index >= 15 is 0 Å². The number of nitro groups is 1. The molecule has 7 heteroatoms. The van der Waals surface area contributed by atoms with Gasteiger partial charge in [0.1, 0.15) is 11.4 Å². The number of esters is 1. The van der Waals surface area contributed by atoms with Crippen LogP contribution in [0.25, 0.3) is 16.9 Å². The van der Waals surface area contributed by atoms with Gasteiger partial charge in [0.05, 0.1) is 29.9 Å². The van der Waals surface area contributed by atoms with Crippen molar-refractivity contribution in [1.29, 1.82) is 0 Å². The summed E-state index contributed by atoms with van der Waals surface area (Å²) in [5.74, 6) is -0.0124. The highest BCUT2D eigenvalue weighted by Gasteiger charge is 2.24. The van der Waals surface area contributed by atoms with Crippen molar-refractivity contribution in [1.82, 2.24) is 4.57 Å². The lowest BCUT2D eigenvalue weighted by Gasteiger charge is -2.13. The average Bonchev–Trinajstić information content (AvgIpc) is 3.13. The highest BCUT2D eigenvalue weighted by Crippen LogP contribution is 2.34. The second kappa shape index (κ2) is 7.74. The van der Waals surface area contributed by atoms with E-state index in [1.807, 2.05) is 30.3 Å². The van der Waals surface area contributed by atoms with E-state index in [1.165, 1.54) is 19.2 Å². The highest BCUT2D eigenvalue weighted by atomic mass is 16.6. The molecule has 0 aliphatic heterocycles. The minimum absolute atomic E-state index is 0.0982. The van der Waals surface area contributed by atoms with E-state index < -0.39 is 10.9 Å². The van der Waals surface area contributed by atoms with Crippen LogP contribution in [0.15, 0.2) is 60.8 Å². The van der Waals surface area contributed by atoms with Crippen LogP contribution in [-0.2, 0) is 4.74 Å². The van der Waals surface area contributed by atoms with Gasteiger partial charge in [0.15, 0.2) is 0 Å². The normalized spacial score (nSPS) is 10.4. The average molecular weight is 366 g/mol. The summed E-state index contributed by atoms with van der Waals surface area (Å²) in [6.07, 6.45) is 1.62. The van der Waals surface area contributed by atoms with E-state index in [4.69, 9.17) is 9.47 Å². The number of rotatable bonds is 6. The van der Waals surface area contributed by atoms with Crippen LogP contribution >= 0.6 is 0 Å². The van der Waals surface area contributed by atoms with E-state index in [2.05, 4.69) is 0 Å². The molecule has 0 aliphatic rings. The molecule has 1 heterocycles. The number of ether oxygens (including phenoxy) is 2. The van der Waals surface area contributed by atoms with E-state index in [-0.39, 0.29) is 12.3 Å². The van der Waals surface area contributed by atoms with Crippen molar-refractivity contribution < 1.29 is 19.2 Å². The smallest absolute Gasteiger partial charge is 0.340 e. The fraction of sp³-hybridized carbons (Fsp3) is 0.150. The first-order chi connectivity index (χ1) is 13.1. The largest absolute Gasteiger partial charge is 0.497 e. The predicted octanol–water partition coefficient (Wildman–Crippen LogP) is 4.24. The van der Waals surface area contributed by atoms with Crippen molar-refractivity contribution >= 4 is 11.7 Å². The number of nitro benzene ring substituents is 1. The van der Waals surface area contributed by atoms with Gasteiger partial charge < -0.3 is 14.0 Å². The second-order valence-corrected chi connectivity index (χ2v) is 5.65. The molecule has 1 aromatic heterocycles. The van der Waals surface area contributed by atoms with Crippen LogP contribution in [0.2, 0.25) is 0 Å². The molecular formula is C20H18N2O5. The zero-order valence-corrected chi connectivity index (χ0v) is 14.9.